The van der Waals surface area contributed by atoms with Gasteiger partial charge in [0.25, 0.3) is 0 Å². The van der Waals surface area contributed by atoms with Gasteiger partial charge in [0.2, 0.25) is 0 Å². The minimum atomic E-state index is -0.220. The molecular formula is C16H19ClFNO. The van der Waals surface area contributed by atoms with E-state index in [0.29, 0.717) is 0 Å². The van der Waals surface area contributed by atoms with Crippen LogP contribution in [0.1, 0.15) is 17.2 Å². The summed E-state index contributed by atoms with van der Waals surface area (Å²) >= 11 is 0. The highest BCUT2D eigenvalue weighted by Gasteiger charge is 2.15. The van der Waals surface area contributed by atoms with E-state index in [0.717, 1.165) is 17.5 Å². The lowest BCUT2D eigenvalue weighted by Crippen LogP contribution is -2.22. The molecule has 0 aliphatic rings. The first-order valence-electron chi connectivity index (χ1n) is 6.26. The zero-order valence-corrected chi connectivity index (χ0v) is 12.4. The van der Waals surface area contributed by atoms with Crippen LogP contribution >= 0.6 is 12.4 Å². The Hall–Kier alpha value is -1.58. The van der Waals surface area contributed by atoms with Crippen LogP contribution in [0.25, 0.3) is 0 Å². The number of nitrogens with zero attached hydrogens (tertiary/aromatic N) is 1. The molecule has 0 saturated carbocycles. The molecular weight excluding hydrogens is 277 g/mol. The maximum atomic E-state index is 12.9. The van der Waals surface area contributed by atoms with E-state index in [1.807, 2.05) is 26.2 Å². The average Bonchev–Trinajstić information content (AvgIpc) is 2.37. The van der Waals surface area contributed by atoms with Crippen LogP contribution in [-0.2, 0) is 6.42 Å². The van der Waals surface area contributed by atoms with Crippen molar-refractivity contribution in [1.82, 2.24) is 4.90 Å². The van der Waals surface area contributed by atoms with E-state index >= 15 is 0 Å². The monoisotopic (exact) mass is 295 g/mol. The molecule has 1 unspecified atom stereocenters. The second-order valence-corrected chi connectivity index (χ2v) is 4.90. The summed E-state index contributed by atoms with van der Waals surface area (Å²) in [7, 11) is 4.00. The molecule has 0 heterocycles. The fourth-order valence-corrected chi connectivity index (χ4v) is 2.17. The van der Waals surface area contributed by atoms with Crippen molar-refractivity contribution in [2.75, 3.05) is 14.1 Å². The van der Waals surface area contributed by atoms with Crippen molar-refractivity contribution >= 4 is 12.4 Å². The smallest absolute Gasteiger partial charge is 0.123 e. The molecule has 108 valence electrons. The molecule has 0 saturated heterocycles. The summed E-state index contributed by atoms with van der Waals surface area (Å²) in [6, 6.07) is 14.0. The van der Waals surface area contributed by atoms with Crippen LogP contribution in [0.15, 0.2) is 48.5 Å². The Bertz CT molecular complexity index is 542. The number of benzene rings is 2. The maximum Gasteiger partial charge on any atom is 0.123 e. The van der Waals surface area contributed by atoms with Crippen molar-refractivity contribution in [3.05, 3.63) is 65.5 Å². The number of halogens is 2. The van der Waals surface area contributed by atoms with Gasteiger partial charge in [-0.15, -0.1) is 12.4 Å². The van der Waals surface area contributed by atoms with Gasteiger partial charge >= 0.3 is 0 Å². The molecule has 4 heteroatoms. The van der Waals surface area contributed by atoms with Gasteiger partial charge in [-0.05, 0) is 55.9 Å². The molecule has 0 fully saturated rings. The summed E-state index contributed by atoms with van der Waals surface area (Å²) in [5.74, 6) is 0.0472. The Balaban J connectivity index is 0.00000200. The van der Waals surface area contributed by atoms with Gasteiger partial charge in [-0.2, -0.15) is 0 Å². The molecule has 0 aromatic heterocycles. The Morgan fingerprint density at radius 2 is 1.75 bits per heavy atom. The van der Waals surface area contributed by atoms with Crippen LogP contribution in [0.3, 0.4) is 0 Å². The minimum absolute atomic E-state index is 0. The third-order valence-corrected chi connectivity index (χ3v) is 3.22. The first-order valence-corrected chi connectivity index (χ1v) is 6.26. The van der Waals surface area contributed by atoms with E-state index in [9.17, 15) is 9.50 Å². The van der Waals surface area contributed by atoms with Gasteiger partial charge in [-0.1, -0.05) is 24.3 Å². The molecule has 2 aromatic rings. The first-order chi connectivity index (χ1) is 9.06. The van der Waals surface area contributed by atoms with Crippen LogP contribution < -0.4 is 0 Å². The molecule has 0 aliphatic heterocycles. The van der Waals surface area contributed by atoms with Gasteiger partial charge in [0.1, 0.15) is 11.6 Å². The van der Waals surface area contributed by atoms with E-state index in [1.165, 1.54) is 12.1 Å². The molecule has 1 atom stereocenters. The van der Waals surface area contributed by atoms with Gasteiger partial charge < -0.3 is 10.0 Å². The largest absolute Gasteiger partial charge is 0.508 e. The molecule has 0 spiro atoms. The molecule has 20 heavy (non-hydrogen) atoms. The van der Waals surface area contributed by atoms with E-state index in [2.05, 4.69) is 4.90 Å². The van der Waals surface area contributed by atoms with E-state index in [1.54, 1.807) is 24.3 Å². The SMILES string of the molecule is CN(C)C(Cc1ccc(F)cc1)c1cccc(O)c1.Cl. The third kappa shape index (κ3) is 4.22. The average molecular weight is 296 g/mol. The summed E-state index contributed by atoms with van der Waals surface area (Å²) in [5, 5.41) is 9.58. The lowest BCUT2D eigenvalue weighted by molar-refractivity contribution is 0.296. The minimum Gasteiger partial charge on any atom is -0.508 e. The Labute approximate surface area is 125 Å². The van der Waals surface area contributed by atoms with Crippen LogP contribution in [0.4, 0.5) is 4.39 Å². The first kappa shape index (κ1) is 16.5. The van der Waals surface area contributed by atoms with Crippen molar-refractivity contribution in [2.45, 2.75) is 12.5 Å². The van der Waals surface area contributed by atoms with Crippen molar-refractivity contribution in [2.24, 2.45) is 0 Å². The van der Waals surface area contributed by atoms with E-state index < -0.39 is 0 Å². The summed E-state index contributed by atoms with van der Waals surface area (Å²) < 4.78 is 12.9. The highest BCUT2D eigenvalue weighted by Crippen LogP contribution is 2.25. The van der Waals surface area contributed by atoms with Crippen LogP contribution in [0.5, 0.6) is 5.75 Å². The predicted octanol–water partition coefficient (Wildman–Crippen LogP) is 3.80. The fraction of sp³-hybridized carbons (Fsp3) is 0.250. The van der Waals surface area contributed by atoms with Crippen molar-refractivity contribution in [3.63, 3.8) is 0 Å². The second-order valence-electron chi connectivity index (χ2n) is 4.90. The molecule has 2 nitrogen and oxygen atoms in total. The van der Waals surface area contributed by atoms with Crippen molar-refractivity contribution in [3.8, 4) is 5.75 Å². The van der Waals surface area contributed by atoms with Gasteiger partial charge in [-0.3, -0.25) is 0 Å². The van der Waals surface area contributed by atoms with Crippen molar-refractivity contribution in [1.29, 1.82) is 0 Å². The number of hydrogen-bond donors (Lipinski definition) is 1. The fourth-order valence-electron chi connectivity index (χ4n) is 2.17. The topological polar surface area (TPSA) is 23.5 Å². The Morgan fingerprint density at radius 1 is 1.10 bits per heavy atom. The maximum absolute atomic E-state index is 12.9. The van der Waals surface area contributed by atoms with Gasteiger partial charge in [0.15, 0.2) is 0 Å². The van der Waals surface area contributed by atoms with Crippen LogP contribution in [0.2, 0.25) is 0 Å². The molecule has 0 bridgehead atoms. The van der Waals surface area contributed by atoms with Gasteiger partial charge in [-0.25, -0.2) is 4.39 Å². The summed E-state index contributed by atoms with van der Waals surface area (Å²) in [6.45, 7) is 0. The van der Waals surface area contributed by atoms with Gasteiger partial charge in [0, 0.05) is 6.04 Å². The third-order valence-electron chi connectivity index (χ3n) is 3.22. The lowest BCUT2D eigenvalue weighted by atomic mass is 9.98. The Morgan fingerprint density at radius 3 is 2.30 bits per heavy atom. The molecule has 0 radical (unpaired) electrons. The molecule has 0 amide bonds. The zero-order chi connectivity index (χ0) is 13.8. The van der Waals surface area contributed by atoms with E-state index in [4.69, 9.17) is 0 Å². The predicted molar refractivity (Wildman–Crippen MR) is 81.9 cm³/mol. The second kappa shape index (κ2) is 7.27. The van der Waals surface area contributed by atoms with Crippen LogP contribution in [0, 0.1) is 5.82 Å². The normalized spacial score (nSPS) is 12.0. The number of phenols is 1. The highest BCUT2D eigenvalue weighted by atomic mass is 35.5. The van der Waals surface area contributed by atoms with Crippen LogP contribution in [-0.4, -0.2) is 24.1 Å². The molecule has 1 N–H and O–H groups in total. The van der Waals surface area contributed by atoms with E-state index in [-0.39, 0.29) is 30.0 Å². The standard InChI is InChI=1S/C16H18FNO.ClH/c1-18(2)16(13-4-3-5-15(19)11-13)10-12-6-8-14(17)9-7-12;/h3-9,11,16,19H,10H2,1-2H3;1H. The quantitative estimate of drug-likeness (QED) is 0.927. The van der Waals surface area contributed by atoms with Gasteiger partial charge in [0.05, 0.1) is 0 Å². The summed E-state index contributed by atoms with van der Waals surface area (Å²) in [5.41, 5.74) is 2.12. The number of likely N-dealkylation sites (N-methyl/N-ethyl adjacent to an activating group) is 1. The number of rotatable bonds is 4. The number of phenolic OH excluding ortho intramolecular Hbond substituents is 1. The zero-order valence-electron chi connectivity index (χ0n) is 11.6. The lowest BCUT2D eigenvalue weighted by Gasteiger charge is -2.25. The Kier molecular flexibility index (Phi) is 5.99. The van der Waals surface area contributed by atoms with Crippen molar-refractivity contribution < 1.29 is 9.50 Å². The summed E-state index contributed by atoms with van der Waals surface area (Å²) in [6.07, 6.45) is 0.775. The molecule has 2 aromatic carbocycles. The number of hydrogen-bond acceptors (Lipinski definition) is 2. The molecule has 2 rings (SSSR count). The molecule has 0 aliphatic carbocycles. The summed E-state index contributed by atoms with van der Waals surface area (Å²) in [4.78, 5) is 2.10. The highest BCUT2D eigenvalue weighted by molar-refractivity contribution is 5.85. The number of aromatic hydroxyl groups is 1.